The van der Waals surface area contributed by atoms with E-state index in [4.69, 9.17) is 10.5 Å². The quantitative estimate of drug-likeness (QED) is 0.797. The van der Waals surface area contributed by atoms with Crippen LogP contribution < -0.4 is 0 Å². The number of carbonyl (C=O) groups is 1. The topological polar surface area (TPSA) is 82.5 Å². The third-order valence-corrected chi connectivity index (χ3v) is 2.60. The maximum Gasteiger partial charge on any atom is 0.185 e. The Balaban J connectivity index is 2.31. The molecule has 0 N–H and O–H groups in total. The van der Waals surface area contributed by atoms with Crippen LogP contribution in [-0.2, 0) is 6.54 Å². The molecule has 0 bridgehead atoms. The van der Waals surface area contributed by atoms with Crippen LogP contribution in [-0.4, -0.2) is 15.3 Å². The van der Waals surface area contributed by atoms with Gasteiger partial charge in [0.1, 0.15) is 23.8 Å². The van der Waals surface area contributed by atoms with Crippen LogP contribution in [0.2, 0.25) is 0 Å². The summed E-state index contributed by atoms with van der Waals surface area (Å²) in [7, 11) is 0. The van der Waals surface area contributed by atoms with Crippen molar-refractivity contribution in [1.82, 2.24) is 9.55 Å². The number of nitriles is 2. The van der Waals surface area contributed by atoms with E-state index >= 15 is 0 Å². The van der Waals surface area contributed by atoms with Gasteiger partial charge in [-0.15, -0.1) is 0 Å². The molecule has 0 saturated carbocycles. The summed E-state index contributed by atoms with van der Waals surface area (Å²) < 4.78 is 27.4. The lowest BCUT2D eigenvalue weighted by atomic mass is 10.1. The van der Waals surface area contributed by atoms with Gasteiger partial charge in [0.15, 0.2) is 17.2 Å². The van der Waals surface area contributed by atoms with Gasteiger partial charge in [0.05, 0.1) is 18.4 Å². The standard InChI is InChI=1S/C13H6F2N4O/c14-8-1-2-9(10(15)3-8)13(20)6-19-7-18-11(4-16)12(19)5-17/h1-3,7H,6H2. The highest BCUT2D eigenvalue weighted by atomic mass is 19.1. The largest absolute Gasteiger partial charge is 0.313 e. The number of hydrogen-bond acceptors (Lipinski definition) is 4. The SMILES string of the molecule is N#Cc1ncn(CC(=O)c2ccc(F)cc2F)c1C#N. The van der Waals surface area contributed by atoms with Gasteiger partial charge in [-0.2, -0.15) is 10.5 Å². The fraction of sp³-hybridized carbons (Fsp3) is 0.0769. The molecule has 0 amide bonds. The molecule has 1 aromatic carbocycles. The normalized spacial score (nSPS) is 9.80. The summed E-state index contributed by atoms with van der Waals surface area (Å²) in [6.45, 7) is -0.361. The summed E-state index contributed by atoms with van der Waals surface area (Å²) in [6.07, 6.45) is 1.15. The number of hydrogen-bond donors (Lipinski definition) is 0. The van der Waals surface area contributed by atoms with Crippen molar-refractivity contribution >= 4 is 5.78 Å². The Kier molecular flexibility index (Phi) is 3.54. The van der Waals surface area contributed by atoms with E-state index in [9.17, 15) is 13.6 Å². The van der Waals surface area contributed by atoms with E-state index in [0.717, 1.165) is 23.0 Å². The minimum atomic E-state index is -0.978. The second kappa shape index (κ2) is 5.29. The van der Waals surface area contributed by atoms with Crippen LogP contribution in [0.25, 0.3) is 0 Å². The van der Waals surface area contributed by atoms with E-state index in [2.05, 4.69) is 4.98 Å². The van der Waals surface area contributed by atoms with Crippen molar-refractivity contribution in [2.75, 3.05) is 0 Å². The van der Waals surface area contributed by atoms with Gasteiger partial charge < -0.3 is 4.57 Å². The van der Waals surface area contributed by atoms with Gasteiger partial charge in [-0.1, -0.05) is 0 Å². The smallest absolute Gasteiger partial charge is 0.185 e. The highest BCUT2D eigenvalue weighted by Crippen LogP contribution is 2.13. The molecular weight excluding hydrogens is 266 g/mol. The first kappa shape index (κ1) is 13.4. The number of carbonyl (C=O) groups excluding carboxylic acids is 1. The third kappa shape index (κ3) is 2.38. The van der Waals surface area contributed by atoms with Crippen molar-refractivity contribution in [2.24, 2.45) is 0 Å². The monoisotopic (exact) mass is 272 g/mol. The molecule has 2 aromatic rings. The minimum absolute atomic E-state index is 0.0802. The Morgan fingerprint density at radius 3 is 2.65 bits per heavy atom. The number of halogens is 2. The second-order valence-corrected chi connectivity index (χ2v) is 3.84. The van der Waals surface area contributed by atoms with Crippen LogP contribution >= 0.6 is 0 Å². The van der Waals surface area contributed by atoms with Crippen LogP contribution in [0.5, 0.6) is 0 Å². The summed E-state index contributed by atoms with van der Waals surface area (Å²) in [5, 5.41) is 17.6. The number of Topliss-reactive ketones (excluding diaryl/α,β-unsaturated/α-hetero) is 1. The van der Waals surface area contributed by atoms with Crippen LogP contribution in [0, 0.1) is 34.3 Å². The number of ketones is 1. The molecule has 7 heteroatoms. The van der Waals surface area contributed by atoms with Crippen molar-refractivity contribution in [3.05, 3.63) is 53.1 Å². The van der Waals surface area contributed by atoms with E-state index < -0.39 is 17.4 Å². The summed E-state index contributed by atoms with van der Waals surface area (Å²) in [4.78, 5) is 15.6. The summed E-state index contributed by atoms with van der Waals surface area (Å²) in [6, 6.07) is 6.06. The van der Waals surface area contributed by atoms with Gasteiger partial charge in [0, 0.05) is 6.07 Å². The Morgan fingerprint density at radius 2 is 2.05 bits per heavy atom. The number of imidazole rings is 1. The molecule has 98 valence electrons. The van der Waals surface area contributed by atoms with Crippen LogP contribution in [0.4, 0.5) is 8.78 Å². The van der Waals surface area contributed by atoms with Crippen molar-refractivity contribution in [2.45, 2.75) is 6.54 Å². The Morgan fingerprint density at radius 1 is 1.30 bits per heavy atom. The van der Waals surface area contributed by atoms with Gasteiger partial charge in [0.25, 0.3) is 0 Å². The van der Waals surface area contributed by atoms with Gasteiger partial charge in [-0.3, -0.25) is 4.79 Å². The van der Waals surface area contributed by atoms with Crippen LogP contribution in [0.15, 0.2) is 24.5 Å². The Hall–Kier alpha value is -3.06. The lowest BCUT2D eigenvalue weighted by Gasteiger charge is -2.04. The lowest BCUT2D eigenvalue weighted by Crippen LogP contribution is -2.13. The predicted molar refractivity (Wildman–Crippen MR) is 62.3 cm³/mol. The van der Waals surface area contributed by atoms with Gasteiger partial charge in [-0.05, 0) is 12.1 Å². The van der Waals surface area contributed by atoms with Gasteiger partial charge in [0.2, 0.25) is 0 Å². The average Bonchev–Trinajstić information content (AvgIpc) is 2.80. The minimum Gasteiger partial charge on any atom is -0.313 e. The number of benzene rings is 1. The molecule has 0 aliphatic carbocycles. The molecule has 0 aliphatic heterocycles. The molecule has 1 aromatic heterocycles. The molecule has 0 radical (unpaired) electrons. The third-order valence-electron chi connectivity index (χ3n) is 2.60. The van der Waals surface area contributed by atoms with Crippen molar-refractivity contribution < 1.29 is 13.6 Å². The molecule has 0 unspecified atom stereocenters. The van der Waals surface area contributed by atoms with E-state index in [-0.39, 0.29) is 23.5 Å². The Labute approximate surface area is 112 Å². The molecule has 5 nitrogen and oxygen atoms in total. The van der Waals surface area contributed by atoms with E-state index in [0.29, 0.717) is 6.07 Å². The maximum atomic E-state index is 13.5. The zero-order chi connectivity index (χ0) is 14.7. The maximum absolute atomic E-state index is 13.5. The highest BCUT2D eigenvalue weighted by Gasteiger charge is 2.16. The van der Waals surface area contributed by atoms with Gasteiger partial charge >= 0.3 is 0 Å². The summed E-state index contributed by atoms with van der Waals surface area (Å²) in [5.41, 5.74) is -0.481. The molecule has 1 heterocycles. The predicted octanol–water partition coefficient (Wildman–Crippen LogP) is 1.79. The van der Waals surface area contributed by atoms with Crippen molar-refractivity contribution in [3.63, 3.8) is 0 Å². The molecule has 0 aliphatic rings. The number of aromatic nitrogens is 2. The molecule has 0 fully saturated rings. The molecule has 0 saturated heterocycles. The van der Waals surface area contributed by atoms with Crippen molar-refractivity contribution in [1.29, 1.82) is 10.5 Å². The average molecular weight is 272 g/mol. The van der Waals surface area contributed by atoms with Crippen molar-refractivity contribution in [3.8, 4) is 12.1 Å². The molecule has 0 atom stereocenters. The van der Waals surface area contributed by atoms with Crippen LogP contribution in [0.1, 0.15) is 21.7 Å². The first-order chi connectivity index (χ1) is 9.56. The Bertz CT molecular complexity index is 768. The first-order valence-electron chi connectivity index (χ1n) is 5.40. The molecule has 20 heavy (non-hydrogen) atoms. The fourth-order valence-corrected chi connectivity index (χ4v) is 1.66. The first-order valence-corrected chi connectivity index (χ1v) is 5.40. The van der Waals surface area contributed by atoms with E-state index in [1.165, 1.54) is 0 Å². The number of nitrogens with zero attached hydrogens (tertiary/aromatic N) is 4. The molecule has 2 rings (SSSR count). The zero-order valence-corrected chi connectivity index (χ0v) is 9.97. The fourth-order valence-electron chi connectivity index (χ4n) is 1.66. The number of rotatable bonds is 3. The van der Waals surface area contributed by atoms with E-state index in [1.54, 1.807) is 12.1 Å². The summed E-state index contributed by atoms with van der Waals surface area (Å²) in [5.74, 6) is -2.42. The van der Waals surface area contributed by atoms with Crippen LogP contribution in [0.3, 0.4) is 0 Å². The lowest BCUT2D eigenvalue weighted by molar-refractivity contribution is 0.0967. The highest BCUT2D eigenvalue weighted by molar-refractivity contribution is 5.96. The zero-order valence-electron chi connectivity index (χ0n) is 9.97. The van der Waals surface area contributed by atoms with Gasteiger partial charge in [-0.25, -0.2) is 13.8 Å². The summed E-state index contributed by atoms with van der Waals surface area (Å²) >= 11 is 0. The molecular formula is C13H6F2N4O. The second-order valence-electron chi connectivity index (χ2n) is 3.84. The van der Waals surface area contributed by atoms with E-state index in [1.807, 2.05) is 0 Å². The molecule has 0 spiro atoms.